The molecule has 1 aromatic carbocycles. The van der Waals surface area contributed by atoms with Crippen molar-refractivity contribution >= 4 is 11.6 Å². The van der Waals surface area contributed by atoms with Gasteiger partial charge in [0.2, 0.25) is 0 Å². The molecular formula is C13H14N3O. The first-order valence-electron chi connectivity index (χ1n) is 5.36. The van der Waals surface area contributed by atoms with Gasteiger partial charge in [-0.25, -0.2) is 0 Å². The third-order valence-corrected chi connectivity index (χ3v) is 2.56. The van der Waals surface area contributed by atoms with Crippen molar-refractivity contribution in [2.24, 2.45) is 7.05 Å². The molecule has 0 fully saturated rings. The van der Waals surface area contributed by atoms with Gasteiger partial charge in [0, 0.05) is 12.7 Å². The van der Waals surface area contributed by atoms with E-state index in [1.54, 1.807) is 23.9 Å². The largest absolute Gasteiger partial charge is 0.320 e. The van der Waals surface area contributed by atoms with E-state index in [1.165, 1.54) is 0 Å². The van der Waals surface area contributed by atoms with Gasteiger partial charge in [0.05, 0.1) is 5.69 Å². The minimum absolute atomic E-state index is 0.157. The predicted octanol–water partition coefficient (Wildman–Crippen LogP) is 2.09. The number of amides is 1. The molecule has 0 bridgehead atoms. The summed E-state index contributed by atoms with van der Waals surface area (Å²) in [7, 11) is 1.76. The second kappa shape index (κ2) is 4.41. The van der Waals surface area contributed by atoms with Gasteiger partial charge < -0.3 is 5.32 Å². The number of aryl methyl sites for hydroxylation is 3. The lowest BCUT2D eigenvalue weighted by atomic mass is 10.2. The fourth-order valence-electron chi connectivity index (χ4n) is 1.65. The molecule has 87 valence electrons. The molecule has 4 nitrogen and oxygen atoms in total. The highest BCUT2D eigenvalue weighted by Gasteiger charge is 2.12. The van der Waals surface area contributed by atoms with Gasteiger partial charge in [-0.15, -0.1) is 0 Å². The highest BCUT2D eigenvalue weighted by atomic mass is 16.2. The molecule has 0 aliphatic heterocycles. The highest BCUT2D eigenvalue weighted by molar-refractivity contribution is 6.03. The van der Waals surface area contributed by atoms with E-state index in [-0.39, 0.29) is 5.91 Å². The summed E-state index contributed by atoms with van der Waals surface area (Å²) >= 11 is 0. The van der Waals surface area contributed by atoms with Crippen LogP contribution < -0.4 is 5.32 Å². The second-order valence-electron chi connectivity index (χ2n) is 3.99. The zero-order valence-corrected chi connectivity index (χ0v) is 10.1. The van der Waals surface area contributed by atoms with Crippen molar-refractivity contribution in [2.75, 3.05) is 5.32 Å². The van der Waals surface area contributed by atoms with E-state index in [9.17, 15) is 4.79 Å². The molecule has 2 rings (SSSR count). The first-order valence-corrected chi connectivity index (χ1v) is 5.36. The number of rotatable bonds is 2. The van der Waals surface area contributed by atoms with Gasteiger partial charge in [-0.2, -0.15) is 5.10 Å². The van der Waals surface area contributed by atoms with Crippen molar-refractivity contribution in [1.29, 1.82) is 0 Å². The van der Waals surface area contributed by atoms with Gasteiger partial charge in [0.1, 0.15) is 5.69 Å². The van der Waals surface area contributed by atoms with Crippen LogP contribution in [0, 0.1) is 19.9 Å². The predicted molar refractivity (Wildman–Crippen MR) is 65.9 cm³/mol. The maximum Gasteiger partial charge on any atom is 0.273 e. The van der Waals surface area contributed by atoms with Gasteiger partial charge in [-0.05, 0) is 37.6 Å². The third-order valence-electron chi connectivity index (χ3n) is 2.56. The molecule has 1 N–H and O–H groups in total. The quantitative estimate of drug-likeness (QED) is 0.855. The number of carbonyl (C=O) groups is 1. The lowest BCUT2D eigenvalue weighted by Crippen LogP contribution is -2.16. The normalized spacial score (nSPS) is 10.3. The number of nitrogens with zero attached hydrogens (tertiary/aromatic N) is 2. The summed E-state index contributed by atoms with van der Waals surface area (Å²) in [6, 6.07) is 10.2. The zero-order valence-electron chi connectivity index (χ0n) is 10.1. The monoisotopic (exact) mass is 228 g/mol. The van der Waals surface area contributed by atoms with E-state index in [4.69, 9.17) is 0 Å². The Morgan fingerprint density at radius 1 is 1.47 bits per heavy atom. The Morgan fingerprint density at radius 3 is 2.82 bits per heavy atom. The summed E-state index contributed by atoms with van der Waals surface area (Å²) in [6.45, 7) is 3.80. The maximum absolute atomic E-state index is 12.0. The number of hydrogen-bond acceptors (Lipinski definition) is 2. The van der Waals surface area contributed by atoms with E-state index in [1.807, 2.05) is 26.0 Å². The van der Waals surface area contributed by atoms with Crippen LogP contribution >= 0.6 is 0 Å². The molecule has 4 heteroatoms. The number of benzene rings is 1. The Morgan fingerprint density at radius 2 is 2.24 bits per heavy atom. The minimum atomic E-state index is -0.157. The molecule has 1 radical (unpaired) electrons. The van der Waals surface area contributed by atoms with Crippen molar-refractivity contribution in [3.05, 3.63) is 47.3 Å². The van der Waals surface area contributed by atoms with Crippen LogP contribution in [0.1, 0.15) is 21.7 Å². The molecule has 0 atom stereocenters. The fourth-order valence-corrected chi connectivity index (χ4v) is 1.65. The van der Waals surface area contributed by atoms with Gasteiger partial charge in [-0.1, -0.05) is 12.1 Å². The molecule has 0 unspecified atom stereocenters. The lowest BCUT2D eigenvalue weighted by molar-refractivity contribution is 0.101. The second-order valence-corrected chi connectivity index (χ2v) is 3.99. The molecule has 0 saturated heterocycles. The van der Waals surface area contributed by atoms with E-state index >= 15 is 0 Å². The zero-order chi connectivity index (χ0) is 12.4. The average Bonchev–Trinajstić information content (AvgIpc) is 2.61. The first-order chi connectivity index (χ1) is 8.08. The van der Waals surface area contributed by atoms with Crippen molar-refractivity contribution in [1.82, 2.24) is 9.78 Å². The summed E-state index contributed by atoms with van der Waals surface area (Å²) in [5.41, 5.74) is 3.16. The SMILES string of the molecule is Cc1cc(C(=O)Nc2c[c]ccc2C)n(C)n1. The standard InChI is InChI=1S/C13H14N3O/c1-9-6-4-5-7-11(9)14-13(17)12-8-10(2)15-16(12)3/h4,6-8H,1-3H3,(H,14,17). The van der Waals surface area contributed by atoms with Gasteiger partial charge >= 0.3 is 0 Å². The van der Waals surface area contributed by atoms with Crippen LogP contribution in [-0.4, -0.2) is 15.7 Å². The summed E-state index contributed by atoms with van der Waals surface area (Å²) < 4.78 is 1.58. The van der Waals surface area contributed by atoms with E-state index < -0.39 is 0 Å². The van der Waals surface area contributed by atoms with Crippen LogP contribution in [0.5, 0.6) is 0 Å². The Labute approximate surface area is 100 Å². The number of nitrogens with one attached hydrogen (secondary N) is 1. The topological polar surface area (TPSA) is 46.9 Å². The van der Waals surface area contributed by atoms with Crippen LogP contribution in [0.4, 0.5) is 5.69 Å². The summed E-state index contributed by atoms with van der Waals surface area (Å²) in [6.07, 6.45) is 0. The van der Waals surface area contributed by atoms with Crippen LogP contribution in [-0.2, 0) is 7.05 Å². The molecule has 0 aliphatic carbocycles. The minimum Gasteiger partial charge on any atom is -0.320 e. The number of carbonyl (C=O) groups excluding carboxylic acids is 1. The Kier molecular flexibility index (Phi) is 2.95. The molecule has 1 aromatic heterocycles. The Bertz CT molecular complexity index is 558. The molecule has 0 spiro atoms. The summed E-state index contributed by atoms with van der Waals surface area (Å²) in [5.74, 6) is -0.157. The molecule has 1 heterocycles. The lowest BCUT2D eigenvalue weighted by Gasteiger charge is -2.07. The van der Waals surface area contributed by atoms with Gasteiger partial charge in [0.25, 0.3) is 5.91 Å². The molecule has 2 aromatic rings. The van der Waals surface area contributed by atoms with E-state index in [0.29, 0.717) is 5.69 Å². The first kappa shape index (κ1) is 11.4. The van der Waals surface area contributed by atoms with E-state index in [2.05, 4.69) is 16.5 Å². The van der Waals surface area contributed by atoms with Gasteiger partial charge in [-0.3, -0.25) is 9.48 Å². The highest BCUT2D eigenvalue weighted by Crippen LogP contribution is 2.14. The molecule has 0 saturated carbocycles. The maximum atomic E-state index is 12.0. The van der Waals surface area contributed by atoms with Crippen LogP contribution in [0.2, 0.25) is 0 Å². The van der Waals surface area contributed by atoms with Crippen LogP contribution in [0.15, 0.2) is 24.3 Å². The van der Waals surface area contributed by atoms with Crippen LogP contribution in [0.3, 0.4) is 0 Å². The summed E-state index contributed by atoms with van der Waals surface area (Å²) in [4.78, 5) is 12.0. The van der Waals surface area contributed by atoms with Crippen molar-refractivity contribution in [3.8, 4) is 0 Å². The smallest absolute Gasteiger partial charge is 0.273 e. The fraction of sp³-hybridized carbons (Fsp3) is 0.231. The summed E-state index contributed by atoms with van der Waals surface area (Å²) in [5, 5.41) is 6.99. The molecule has 17 heavy (non-hydrogen) atoms. The Balaban J connectivity index is 2.23. The number of hydrogen-bond donors (Lipinski definition) is 1. The number of anilines is 1. The molecule has 1 amide bonds. The third kappa shape index (κ3) is 2.36. The van der Waals surface area contributed by atoms with E-state index in [0.717, 1.165) is 16.9 Å². The van der Waals surface area contributed by atoms with Crippen LogP contribution in [0.25, 0.3) is 0 Å². The van der Waals surface area contributed by atoms with Crippen molar-refractivity contribution in [2.45, 2.75) is 13.8 Å². The number of aromatic nitrogens is 2. The average molecular weight is 228 g/mol. The molecule has 0 aliphatic rings. The Hall–Kier alpha value is -2.10. The van der Waals surface area contributed by atoms with Gasteiger partial charge in [0.15, 0.2) is 0 Å². The molecular weight excluding hydrogens is 214 g/mol. The van der Waals surface area contributed by atoms with Crippen molar-refractivity contribution in [3.63, 3.8) is 0 Å². The van der Waals surface area contributed by atoms with Crippen molar-refractivity contribution < 1.29 is 4.79 Å².